The zero-order chi connectivity index (χ0) is 26.2. The molecule has 37 heavy (non-hydrogen) atoms. The Morgan fingerprint density at radius 2 is 1.62 bits per heavy atom. The van der Waals surface area contributed by atoms with E-state index in [2.05, 4.69) is 17.1 Å². The summed E-state index contributed by atoms with van der Waals surface area (Å²) in [6, 6.07) is 19.7. The number of rotatable bonds is 9. The number of piperazine rings is 1. The summed E-state index contributed by atoms with van der Waals surface area (Å²) in [4.78, 5) is 29.2. The van der Waals surface area contributed by atoms with Gasteiger partial charge in [-0.3, -0.25) is 9.59 Å². The lowest BCUT2D eigenvalue weighted by Gasteiger charge is -2.36. The van der Waals surface area contributed by atoms with Gasteiger partial charge in [0, 0.05) is 37.4 Å². The van der Waals surface area contributed by atoms with E-state index < -0.39 is 0 Å². The summed E-state index contributed by atoms with van der Waals surface area (Å²) in [5.74, 6) is 0.902. The molecule has 0 aromatic heterocycles. The number of anilines is 2. The van der Waals surface area contributed by atoms with E-state index in [1.165, 1.54) is 0 Å². The van der Waals surface area contributed by atoms with Gasteiger partial charge in [-0.25, -0.2) is 0 Å². The van der Waals surface area contributed by atoms with Gasteiger partial charge in [-0.2, -0.15) is 0 Å². The average Bonchev–Trinajstić information content (AvgIpc) is 2.91. The number of carbonyl (C=O) groups is 2. The van der Waals surface area contributed by atoms with Gasteiger partial charge in [0.1, 0.15) is 11.5 Å². The molecule has 0 spiro atoms. The van der Waals surface area contributed by atoms with Gasteiger partial charge in [0.15, 0.2) is 6.61 Å². The van der Waals surface area contributed by atoms with Crippen molar-refractivity contribution in [3.8, 4) is 11.5 Å². The third-order valence-electron chi connectivity index (χ3n) is 5.91. The van der Waals surface area contributed by atoms with E-state index in [0.717, 1.165) is 17.9 Å². The van der Waals surface area contributed by atoms with Crippen LogP contribution in [0, 0.1) is 0 Å². The fourth-order valence-electron chi connectivity index (χ4n) is 3.99. The zero-order valence-electron chi connectivity index (χ0n) is 20.6. The normalized spacial score (nSPS) is 13.3. The molecule has 1 aliphatic rings. The zero-order valence-corrected chi connectivity index (χ0v) is 22.1. The molecule has 3 aromatic carbocycles. The van der Waals surface area contributed by atoms with Crippen molar-refractivity contribution >= 4 is 46.4 Å². The van der Waals surface area contributed by atoms with Crippen LogP contribution in [0.4, 0.5) is 11.4 Å². The maximum absolute atomic E-state index is 12.9. The van der Waals surface area contributed by atoms with Crippen LogP contribution >= 0.6 is 23.2 Å². The Morgan fingerprint density at radius 3 is 2.30 bits per heavy atom. The topological polar surface area (TPSA) is 71.1 Å². The number of hydrogen-bond donors (Lipinski definition) is 1. The standard InChI is InChI=1S/C28H29Cl2N3O4/c1-2-17-36-22-10-7-20(8-11-22)28(35)33-15-13-32(14-16-33)25-12-9-21(18-24(25)30)31-27(34)19-37-26-6-4-3-5-23(26)29/h3-12,18H,2,13-17,19H2,1H3,(H,31,34). The van der Waals surface area contributed by atoms with E-state index in [0.29, 0.717) is 59.8 Å². The number of ether oxygens (including phenoxy) is 2. The van der Waals surface area contributed by atoms with Gasteiger partial charge in [-0.05, 0) is 61.0 Å². The Balaban J connectivity index is 1.28. The van der Waals surface area contributed by atoms with Gasteiger partial charge in [-0.1, -0.05) is 42.3 Å². The summed E-state index contributed by atoms with van der Waals surface area (Å²) in [6.07, 6.45) is 0.936. The minimum absolute atomic E-state index is 0.00450. The SMILES string of the molecule is CCCOc1ccc(C(=O)N2CCN(c3ccc(NC(=O)COc4ccccc4Cl)cc3Cl)CC2)cc1. The van der Waals surface area contributed by atoms with Gasteiger partial charge >= 0.3 is 0 Å². The van der Waals surface area contributed by atoms with Crippen LogP contribution in [0.2, 0.25) is 10.0 Å². The number of nitrogens with zero attached hydrogens (tertiary/aromatic N) is 2. The fourth-order valence-corrected chi connectivity index (χ4v) is 4.48. The van der Waals surface area contributed by atoms with Crippen LogP contribution in [-0.4, -0.2) is 56.1 Å². The van der Waals surface area contributed by atoms with Crippen LogP contribution in [0.25, 0.3) is 0 Å². The number of hydrogen-bond acceptors (Lipinski definition) is 5. The van der Waals surface area contributed by atoms with Gasteiger partial charge in [0.25, 0.3) is 11.8 Å². The molecule has 0 bridgehead atoms. The van der Waals surface area contributed by atoms with Crippen LogP contribution in [-0.2, 0) is 4.79 Å². The lowest BCUT2D eigenvalue weighted by atomic mass is 10.1. The lowest BCUT2D eigenvalue weighted by molar-refractivity contribution is -0.118. The monoisotopic (exact) mass is 541 g/mol. The van der Waals surface area contributed by atoms with Crippen molar-refractivity contribution in [2.24, 2.45) is 0 Å². The Bertz CT molecular complexity index is 1230. The Labute approximate surface area is 226 Å². The molecule has 194 valence electrons. The number of nitrogens with one attached hydrogen (secondary N) is 1. The molecule has 0 saturated carbocycles. The van der Waals surface area contributed by atoms with Crippen LogP contribution in [0.3, 0.4) is 0 Å². The molecular weight excluding hydrogens is 513 g/mol. The third kappa shape index (κ3) is 7.08. The first-order valence-corrected chi connectivity index (χ1v) is 12.9. The van der Waals surface area contributed by atoms with E-state index in [4.69, 9.17) is 32.7 Å². The first kappa shape index (κ1) is 26.6. The number of benzene rings is 3. The summed E-state index contributed by atoms with van der Waals surface area (Å²) < 4.78 is 11.1. The highest BCUT2D eigenvalue weighted by molar-refractivity contribution is 6.33. The van der Waals surface area contributed by atoms with Crippen molar-refractivity contribution in [2.75, 3.05) is 49.6 Å². The number of carbonyl (C=O) groups excluding carboxylic acids is 2. The predicted molar refractivity (Wildman–Crippen MR) is 147 cm³/mol. The van der Waals surface area contributed by atoms with Gasteiger partial charge in [-0.15, -0.1) is 0 Å². The van der Waals surface area contributed by atoms with E-state index in [-0.39, 0.29) is 18.4 Å². The Hall–Kier alpha value is -3.42. The second-order valence-electron chi connectivity index (χ2n) is 8.59. The summed E-state index contributed by atoms with van der Waals surface area (Å²) in [7, 11) is 0. The van der Waals surface area contributed by atoms with Crippen molar-refractivity contribution in [3.63, 3.8) is 0 Å². The smallest absolute Gasteiger partial charge is 0.262 e. The summed E-state index contributed by atoms with van der Waals surface area (Å²) >= 11 is 12.6. The molecule has 4 rings (SSSR count). The van der Waals surface area contributed by atoms with E-state index in [1.807, 2.05) is 35.2 Å². The number of halogens is 2. The van der Waals surface area contributed by atoms with Gasteiger partial charge < -0.3 is 24.6 Å². The molecule has 7 nitrogen and oxygen atoms in total. The van der Waals surface area contributed by atoms with Crippen molar-refractivity contribution < 1.29 is 19.1 Å². The second-order valence-corrected chi connectivity index (χ2v) is 9.40. The lowest BCUT2D eigenvalue weighted by Crippen LogP contribution is -2.48. The van der Waals surface area contributed by atoms with Crippen LogP contribution < -0.4 is 19.7 Å². The van der Waals surface area contributed by atoms with Crippen LogP contribution in [0.5, 0.6) is 11.5 Å². The van der Waals surface area contributed by atoms with Crippen molar-refractivity contribution in [3.05, 3.63) is 82.3 Å². The molecule has 0 aliphatic carbocycles. The predicted octanol–water partition coefficient (Wildman–Crippen LogP) is 5.76. The molecule has 1 N–H and O–H groups in total. The molecule has 1 heterocycles. The molecule has 0 radical (unpaired) electrons. The highest BCUT2D eigenvalue weighted by atomic mass is 35.5. The van der Waals surface area contributed by atoms with Crippen molar-refractivity contribution in [2.45, 2.75) is 13.3 Å². The quantitative estimate of drug-likeness (QED) is 0.372. The van der Waals surface area contributed by atoms with E-state index in [1.54, 1.807) is 36.4 Å². The first-order chi connectivity index (χ1) is 17.9. The highest BCUT2D eigenvalue weighted by Crippen LogP contribution is 2.30. The van der Waals surface area contributed by atoms with Crippen LogP contribution in [0.15, 0.2) is 66.7 Å². The average molecular weight is 542 g/mol. The minimum Gasteiger partial charge on any atom is -0.494 e. The van der Waals surface area contributed by atoms with Crippen molar-refractivity contribution in [1.29, 1.82) is 0 Å². The largest absolute Gasteiger partial charge is 0.494 e. The first-order valence-electron chi connectivity index (χ1n) is 12.2. The molecule has 0 unspecified atom stereocenters. The third-order valence-corrected chi connectivity index (χ3v) is 6.52. The second kappa shape index (κ2) is 12.7. The highest BCUT2D eigenvalue weighted by Gasteiger charge is 2.23. The van der Waals surface area contributed by atoms with Gasteiger partial charge in [0.2, 0.25) is 0 Å². The summed E-state index contributed by atoms with van der Waals surface area (Å²) in [5, 5.41) is 3.75. The fraction of sp³-hybridized carbons (Fsp3) is 0.286. The molecular formula is C28H29Cl2N3O4. The van der Waals surface area contributed by atoms with Gasteiger partial charge in [0.05, 0.1) is 22.3 Å². The van der Waals surface area contributed by atoms with E-state index >= 15 is 0 Å². The molecule has 1 fully saturated rings. The molecule has 1 saturated heterocycles. The molecule has 9 heteroatoms. The Morgan fingerprint density at radius 1 is 0.892 bits per heavy atom. The van der Waals surface area contributed by atoms with Crippen molar-refractivity contribution in [1.82, 2.24) is 4.90 Å². The Kier molecular flexibility index (Phi) is 9.14. The summed E-state index contributed by atoms with van der Waals surface area (Å²) in [5.41, 5.74) is 2.08. The maximum Gasteiger partial charge on any atom is 0.262 e. The number of amides is 2. The summed E-state index contributed by atoms with van der Waals surface area (Å²) in [6.45, 7) is 5.01. The minimum atomic E-state index is -0.319. The molecule has 1 aliphatic heterocycles. The van der Waals surface area contributed by atoms with Crippen LogP contribution in [0.1, 0.15) is 23.7 Å². The molecule has 3 aromatic rings. The molecule has 0 atom stereocenters. The number of para-hydroxylation sites is 1. The maximum atomic E-state index is 12.9. The van der Waals surface area contributed by atoms with E-state index in [9.17, 15) is 9.59 Å². The molecule has 2 amide bonds.